The third-order valence-electron chi connectivity index (χ3n) is 5.18. The van der Waals surface area contributed by atoms with Crippen LogP contribution < -0.4 is 5.32 Å². The molecule has 1 aromatic carbocycles. The molecule has 162 valence electrons. The van der Waals surface area contributed by atoms with Gasteiger partial charge in [0.25, 0.3) is 0 Å². The normalized spacial score (nSPS) is 19.2. The SMILES string of the molecule is CC(C)c1noc(CCNC(=O)[C@H]2CC(=O)N(C(C)C)[C@@H]2c2ccc(Cl)c(F)c2)n1. The van der Waals surface area contributed by atoms with Gasteiger partial charge in [-0.3, -0.25) is 9.59 Å². The van der Waals surface area contributed by atoms with Crippen molar-refractivity contribution < 1.29 is 18.5 Å². The highest BCUT2D eigenvalue weighted by Gasteiger charge is 2.45. The average Bonchev–Trinajstić information content (AvgIpc) is 3.28. The van der Waals surface area contributed by atoms with Crippen molar-refractivity contribution >= 4 is 23.4 Å². The minimum absolute atomic E-state index is 0.000459. The molecule has 2 heterocycles. The van der Waals surface area contributed by atoms with E-state index in [-0.39, 0.29) is 35.2 Å². The van der Waals surface area contributed by atoms with Crippen molar-refractivity contribution in [3.8, 4) is 0 Å². The molecule has 0 aliphatic carbocycles. The van der Waals surface area contributed by atoms with Crippen LogP contribution in [0.3, 0.4) is 0 Å². The molecule has 0 spiro atoms. The van der Waals surface area contributed by atoms with E-state index < -0.39 is 17.8 Å². The number of halogens is 2. The summed E-state index contributed by atoms with van der Waals surface area (Å²) in [5.74, 6) is -0.386. The summed E-state index contributed by atoms with van der Waals surface area (Å²) in [6, 6.07) is 3.72. The molecular weight excluding hydrogens is 411 g/mol. The number of likely N-dealkylation sites (tertiary alicyclic amines) is 1. The lowest BCUT2D eigenvalue weighted by atomic mass is 9.92. The number of carbonyl (C=O) groups excluding carboxylic acids is 2. The molecule has 30 heavy (non-hydrogen) atoms. The van der Waals surface area contributed by atoms with Crippen LogP contribution >= 0.6 is 11.6 Å². The Morgan fingerprint density at radius 3 is 2.70 bits per heavy atom. The van der Waals surface area contributed by atoms with Crippen molar-refractivity contribution in [2.24, 2.45) is 5.92 Å². The fraction of sp³-hybridized carbons (Fsp3) is 0.524. The highest BCUT2D eigenvalue weighted by Crippen LogP contribution is 2.40. The van der Waals surface area contributed by atoms with Crippen LogP contribution in [0.15, 0.2) is 22.7 Å². The first-order chi connectivity index (χ1) is 14.2. The third-order valence-corrected chi connectivity index (χ3v) is 5.49. The maximum Gasteiger partial charge on any atom is 0.228 e. The number of hydrogen-bond donors (Lipinski definition) is 1. The minimum atomic E-state index is -0.630. The zero-order valence-electron chi connectivity index (χ0n) is 17.5. The van der Waals surface area contributed by atoms with E-state index >= 15 is 0 Å². The molecule has 0 saturated carbocycles. The van der Waals surface area contributed by atoms with E-state index in [0.29, 0.717) is 30.2 Å². The van der Waals surface area contributed by atoms with Crippen molar-refractivity contribution in [1.82, 2.24) is 20.4 Å². The van der Waals surface area contributed by atoms with Crippen LogP contribution in [0.1, 0.15) is 63.4 Å². The monoisotopic (exact) mass is 436 g/mol. The molecule has 3 rings (SSSR count). The highest BCUT2D eigenvalue weighted by molar-refractivity contribution is 6.30. The standard InChI is InChI=1S/C21H26ClFN4O3/c1-11(2)20-25-17(30-26-20)7-8-24-21(29)14-10-18(28)27(12(3)4)19(14)13-5-6-15(22)16(23)9-13/h5-6,9,11-12,14,19H,7-8,10H2,1-4H3,(H,24,29)/t14-,19+/m0/s1. The number of hydrogen-bond acceptors (Lipinski definition) is 5. The number of carbonyl (C=O) groups is 2. The fourth-order valence-electron chi connectivity index (χ4n) is 3.72. The van der Waals surface area contributed by atoms with Gasteiger partial charge in [0, 0.05) is 31.3 Å². The van der Waals surface area contributed by atoms with Gasteiger partial charge in [-0.25, -0.2) is 4.39 Å². The topological polar surface area (TPSA) is 88.3 Å². The quantitative estimate of drug-likeness (QED) is 0.715. The summed E-state index contributed by atoms with van der Waals surface area (Å²) in [6.45, 7) is 7.98. The molecule has 2 atom stereocenters. The van der Waals surface area contributed by atoms with E-state index in [1.165, 1.54) is 12.1 Å². The van der Waals surface area contributed by atoms with Gasteiger partial charge < -0.3 is 14.7 Å². The van der Waals surface area contributed by atoms with Gasteiger partial charge in [-0.2, -0.15) is 4.98 Å². The van der Waals surface area contributed by atoms with Crippen LogP contribution in [-0.4, -0.2) is 39.4 Å². The minimum Gasteiger partial charge on any atom is -0.355 e. The molecule has 1 aliphatic heterocycles. The van der Waals surface area contributed by atoms with Gasteiger partial charge in [-0.15, -0.1) is 0 Å². The Balaban J connectivity index is 1.73. The van der Waals surface area contributed by atoms with E-state index in [9.17, 15) is 14.0 Å². The predicted octanol–water partition coefficient (Wildman–Crippen LogP) is 3.64. The summed E-state index contributed by atoms with van der Waals surface area (Å²) in [7, 11) is 0. The second kappa shape index (κ2) is 9.12. The Morgan fingerprint density at radius 1 is 1.37 bits per heavy atom. The number of nitrogens with one attached hydrogen (secondary N) is 1. The lowest BCUT2D eigenvalue weighted by Gasteiger charge is -2.31. The maximum absolute atomic E-state index is 14.1. The van der Waals surface area contributed by atoms with E-state index in [0.717, 1.165) is 0 Å². The van der Waals surface area contributed by atoms with Crippen LogP contribution in [0.4, 0.5) is 4.39 Å². The second-order valence-corrected chi connectivity index (χ2v) is 8.47. The summed E-state index contributed by atoms with van der Waals surface area (Å²) in [5, 5.41) is 6.75. The summed E-state index contributed by atoms with van der Waals surface area (Å²) < 4.78 is 19.3. The molecule has 1 fully saturated rings. The van der Waals surface area contributed by atoms with Crippen molar-refractivity contribution in [3.63, 3.8) is 0 Å². The predicted molar refractivity (Wildman–Crippen MR) is 109 cm³/mol. The summed E-state index contributed by atoms with van der Waals surface area (Å²) in [4.78, 5) is 31.5. The first-order valence-corrected chi connectivity index (χ1v) is 10.4. The van der Waals surface area contributed by atoms with E-state index in [1.807, 2.05) is 27.7 Å². The van der Waals surface area contributed by atoms with Crippen molar-refractivity contribution in [3.05, 3.63) is 46.3 Å². The summed E-state index contributed by atoms with van der Waals surface area (Å²) in [6.07, 6.45) is 0.456. The van der Waals surface area contributed by atoms with E-state index in [2.05, 4.69) is 15.5 Å². The lowest BCUT2D eigenvalue weighted by molar-refractivity contribution is -0.130. The van der Waals surface area contributed by atoms with Gasteiger partial charge in [0.2, 0.25) is 17.7 Å². The molecule has 1 aromatic heterocycles. The number of aromatic nitrogens is 2. The van der Waals surface area contributed by atoms with Crippen LogP contribution in [-0.2, 0) is 16.0 Å². The molecule has 1 N–H and O–H groups in total. The fourth-order valence-corrected chi connectivity index (χ4v) is 3.83. The number of amides is 2. The first kappa shape index (κ1) is 22.2. The van der Waals surface area contributed by atoms with Crippen LogP contribution in [0.2, 0.25) is 5.02 Å². The van der Waals surface area contributed by atoms with Gasteiger partial charge in [0.1, 0.15) is 5.82 Å². The Morgan fingerprint density at radius 2 is 2.10 bits per heavy atom. The Hall–Kier alpha value is -2.48. The van der Waals surface area contributed by atoms with Gasteiger partial charge in [0.15, 0.2) is 5.82 Å². The molecule has 9 heteroatoms. The molecule has 1 saturated heterocycles. The van der Waals surface area contributed by atoms with Crippen molar-refractivity contribution in [2.45, 2.75) is 58.5 Å². The van der Waals surface area contributed by atoms with Gasteiger partial charge in [-0.05, 0) is 31.5 Å². The molecule has 2 amide bonds. The van der Waals surface area contributed by atoms with Crippen molar-refractivity contribution in [1.29, 1.82) is 0 Å². The smallest absolute Gasteiger partial charge is 0.228 e. The average molecular weight is 437 g/mol. The Bertz CT molecular complexity index is 931. The van der Waals surface area contributed by atoms with Gasteiger partial charge in [0.05, 0.1) is 17.0 Å². The third kappa shape index (κ3) is 4.64. The van der Waals surface area contributed by atoms with Crippen LogP contribution in [0.5, 0.6) is 0 Å². The highest BCUT2D eigenvalue weighted by atomic mass is 35.5. The lowest BCUT2D eigenvalue weighted by Crippen LogP contribution is -2.39. The Kier molecular flexibility index (Phi) is 6.75. The zero-order valence-corrected chi connectivity index (χ0v) is 18.2. The summed E-state index contributed by atoms with van der Waals surface area (Å²) >= 11 is 5.81. The van der Waals surface area contributed by atoms with Gasteiger partial charge >= 0.3 is 0 Å². The maximum atomic E-state index is 14.1. The molecule has 1 aliphatic rings. The van der Waals surface area contributed by atoms with Crippen molar-refractivity contribution in [2.75, 3.05) is 6.54 Å². The van der Waals surface area contributed by atoms with Crippen LogP contribution in [0.25, 0.3) is 0 Å². The molecule has 0 bridgehead atoms. The molecule has 0 unspecified atom stereocenters. The number of benzene rings is 1. The molecule has 7 nitrogen and oxygen atoms in total. The van der Waals surface area contributed by atoms with E-state index in [4.69, 9.17) is 16.1 Å². The number of nitrogens with zero attached hydrogens (tertiary/aromatic N) is 3. The Labute approximate surface area is 180 Å². The number of rotatable bonds is 7. The van der Waals surface area contributed by atoms with E-state index in [1.54, 1.807) is 11.0 Å². The summed E-state index contributed by atoms with van der Waals surface area (Å²) in [5.41, 5.74) is 0.551. The second-order valence-electron chi connectivity index (χ2n) is 8.07. The zero-order chi connectivity index (χ0) is 22.0. The molecular formula is C21H26ClFN4O3. The first-order valence-electron chi connectivity index (χ1n) is 10.0. The van der Waals surface area contributed by atoms with Crippen LogP contribution in [0, 0.1) is 11.7 Å². The molecule has 2 aromatic rings. The molecule has 0 radical (unpaired) electrons. The largest absolute Gasteiger partial charge is 0.355 e. The van der Waals surface area contributed by atoms with Gasteiger partial charge in [-0.1, -0.05) is 36.7 Å².